The van der Waals surface area contributed by atoms with Gasteiger partial charge in [-0.15, -0.1) is 10.2 Å². The van der Waals surface area contributed by atoms with Gasteiger partial charge in [0.1, 0.15) is 5.82 Å². The first-order valence-corrected chi connectivity index (χ1v) is 10.6. The maximum absolute atomic E-state index is 13.5. The molecular weight excluding hydrogens is 383 g/mol. The summed E-state index contributed by atoms with van der Waals surface area (Å²) >= 11 is 0. The lowest BCUT2D eigenvalue weighted by Crippen LogP contribution is -2.49. The minimum atomic E-state index is -0.327. The summed E-state index contributed by atoms with van der Waals surface area (Å²) in [7, 11) is 0. The normalized spacial score (nSPS) is 23.3. The average Bonchev–Trinajstić information content (AvgIpc) is 3.20. The lowest BCUT2D eigenvalue weighted by molar-refractivity contribution is 0.0760. The topological polar surface area (TPSA) is 64.2 Å². The van der Waals surface area contributed by atoms with E-state index >= 15 is 0 Å². The Balaban J connectivity index is 1.38. The largest absolute Gasteiger partial charge is 0.419 e. The summed E-state index contributed by atoms with van der Waals surface area (Å²) in [4.78, 5) is 15.0. The Morgan fingerprint density at radius 3 is 2.87 bits per heavy atom. The highest BCUT2D eigenvalue weighted by Crippen LogP contribution is 2.43. The molecule has 4 heterocycles. The Bertz CT molecular complexity index is 1110. The van der Waals surface area contributed by atoms with Crippen molar-refractivity contribution in [1.29, 1.82) is 0 Å². The molecule has 0 radical (unpaired) electrons. The summed E-state index contributed by atoms with van der Waals surface area (Å²) in [5.74, 6) is 1.31. The second-order valence-electron chi connectivity index (χ2n) is 8.41. The Kier molecular flexibility index (Phi) is 4.98. The Hall–Kier alpha value is -2.80. The number of likely N-dealkylation sites (tertiary alicyclic amines) is 1. The molecule has 2 aliphatic heterocycles. The third-order valence-corrected chi connectivity index (χ3v) is 6.36. The first-order chi connectivity index (χ1) is 14.6. The number of hydrogen-bond acceptors (Lipinski definition) is 5. The van der Waals surface area contributed by atoms with Gasteiger partial charge in [0.05, 0.1) is 6.54 Å². The second kappa shape index (κ2) is 7.80. The number of nitrogens with zero attached hydrogens (tertiary/aromatic N) is 4. The zero-order valence-corrected chi connectivity index (χ0v) is 17.0. The van der Waals surface area contributed by atoms with Crippen molar-refractivity contribution in [3.8, 4) is 11.5 Å². The van der Waals surface area contributed by atoms with Crippen molar-refractivity contribution in [1.82, 2.24) is 19.7 Å². The number of pyridine rings is 1. The van der Waals surface area contributed by atoms with Crippen LogP contribution in [-0.4, -0.2) is 32.8 Å². The van der Waals surface area contributed by atoms with Gasteiger partial charge in [-0.05, 0) is 43.0 Å². The van der Waals surface area contributed by atoms with Crippen molar-refractivity contribution < 1.29 is 8.81 Å². The molecule has 1 fully saturated rings. The van der Waals surface area contributed by atoms with Gasteiger partial charge in [-0.2, -0.15) is 0 Å². The quantitative estimate of drug-likeness (QED) is 0.639. The van der Waals surface area contributed by atoms with Gasteiger partial charge in [0, 0.05) is 42.4 Å². The minimum absolute atomic E-state index is 0.116. The van der Waals surface area contributed by atoms with Crippen molar-refractivity contribution in [2.45, 2.75) is 44.7 Å². The lowest BCUT2D eigenvalue weighted by Gasteiger charge is -2.46. The molecule has 1 saturated heterocycles. The van der Waals surface area contributed by atoms with E-state index in [4.69, 9.17) is 4.42 Å². The smallest absolute Gasteiger partial charge is 0.250 e. The predicted octanol–water partition coefficient (Wildman–Crippen LogP) is 4.00. The van der Waals surface area contributed by atoms with Gasteiger partial charge < -0.3 is 8.98 Å². The SMILES string of the molecule is CCC[C@H]1[C@H]2C[C@H](CN(Cc3nnc(-c4cccc(F)c4)o3)C2)c2cccc(=O)n21. The monoisotopic (exact) mass is 408 g/mol. The molecular formula is C23H25FN4O2. The predicted molar refractivity (Wildman–Crippen MR) is 110 cm³/mol. The second-order valence-corrected chi connectivity index (χ2v) is 8.41. The fraction of sp³-hybridized carbons (Fsp3) is 0.435. The summed E-state index contributed by atoms with van der Waals surface area (Å²) in [6.45, 7) is 4.49. The third kappa shape index (κ3) is 3.47. The van der Waals surface area contributed by atoms with E-state index in [0.29, 0.717) is 35.7 Å². The summed E-state index contributed by atoms with van der Waals surface area (Å²) in [5.41, 5.74) is 1.85. The van der Waals surface area contributed by atoms with Crippen LogP contribution in [-0.2, 0) is 6.54 Å². The van der Waals surface area contributed by atoms with E-state index in [9.17, 15) is 9.18 Å². The molecule has 7 heteroatoms. The van der Waals surface area contributed by atoms with Crippen LogP contribution in [0.4, 0.5) is 4.39 Å². The van der Waals surface area contributed by atoms with Crippen molar-refractivity contribution in [3.05, 3.63) is 70.2 Å². The first kappa shape index (κ1) is 19.2. The highest BCUT2D eigenvalue weighted by Gasteiger charge is 2.40. The van der Waals surface area contributed by atoms with Crippen LogP contribution in [0, 0.1) is 11.7 Å². The molecule has 2 aliphatic rings. The van der Waals surface area contributed by atoms with E-state index in [0.717, 1.165) is 38.0 Å². The first-order valence-electron chi connectivity index (χ1n) is 10.6. The van der Waals surface area contributed by atoms with Gasteiger partial charge in [-0.25, -0.2) is 4.39 Å². The van der Waals surface area contributed by atoms with Crippen LogP contribution in [0.3, 0.4) is 0 Å². The third-order valence-electron chi connectivity index (χ3n) is 6.36. The Morgan fingerprint density at radius 2 is 2.03 bits per heavy atom. The number of rotatable bonds is 5. The maximum atomic E-state index is 13.5. The van der Waals surface area contributed by atoms with Gasteiger partial charge in [0.25, 0.3) is 5.56 Å². The number of aromatic nitrogens is 3. The van der Waals surface area contributed by atoms with Gasteiger partial charge >= 0.3 is 0 Å². The van der Waals surface area contributed by atoms with Crippen LogP contribution in [0.15, 0.2) is 51.7 Å². The molecule has 0 unspecified atom stereocenters. The molecule has 0 saturated carbocycles. The molecule has 0 spiro atoms. The highest BCUT2D eigenvalue weighted by atomic mass is 19.1. The van der Waals surface area contributed by atoms with Gasteiger partial charge in [0.15, 0.2) is 0 Å². The van der Waals surface area contributed by atoms with E-state index in [-0.39, 0.29) is 17.4 Å². The van der Waals surface area contributed by atoms with Crippen LogP contribution in [0.5, 0.6) is 0 Å². The fourth-order valence-corrected chi connectivity index (χ4v) is 5.18. The van der Waals surface area contributed by atoms with Crippen molar-refractivity contribution in [2.24, 2.45) is 5.92 Å². The molecule has 5 rings (SSSR count). The number of hydrogen-bond donors (Lipinski definition) is 0. The van der Waals surface area contributed by atoms with Gasteiger partial charge in [0.2, 0.25) is 11.8 Å². The molecule has 2 bridgehead atoms. The van der Waals surface area contributed by atoms with Gasteiger partial charge in [-0.1, -0.05) is 25.5 Å². The molecule has 0 N–H and O–H groups in total. The summed E-state index contributed by atoms with van der Waals surface area (Å²) in [6.07, 6.45) is 3.17. The van der Waals surface area contributed by atoms with Crippen LogP contribution in [0.1, 0.15) is 49.7 Å². The van der Waals surface area contributed by atoms with Crippen LogP contribution < -0.4 is 5.56 Å². The van der Waals surface area contributed by atoms with Crippen LogP contribution in [0.25, 0.3) is 11.5 Å². The number of benzene rings is 1. The fourth-order valence-electron chi connectivity index (χ4n) is 5.18. The molecule has 0 amide bonds. The molecule has 156 valence electrons. The van der Waals surface area contributed by atoms with Gasteiger partial charge in [-0.3, -0.25) is 9.69 Å². The molecule has 3 atom stereocenters. The Morgan fingerprint density at radius 1 is 1.17 bits per heavy atom. The standard InChI is InChI=1S/C23H25FN4O2/c1-2-5-19-16-10-17(20-8-4-9-22(29)28(19)20)13-27(12-16)14-21-25-26-23(30-21)15-6-3-7-18(24)11-15/h3-4,6-9,11,16-17,19H,2,5,10,12-14H2,1H3/t16-,17+,19-/m0/s1. The molecule has 2 aromatic heterocycles. The molecule has 6 nitrogen and oxygen atoms in total. The molecule has 3 aromatic rings. The summed E-state index contributed by atoms with van der Waals surface area (Å²) < 4.78 is 21.4. The number of fused-ring (bicyclic) bond motifs is 4. The molecule has 30 heavy (non-hydrogen) atoms. The van der Waals surface area contributed by atoms with E-state index in [2.05, 4.69) is 32.7 Å². The Labute approximate surface area is 174 Å². The van der Waals surface area contributed by atoms with E-state index < -0.39 is 0 Å². The van der Waals surface area contributed by atoms with E-state index in [1.54, 1.807) is 18.2 Å². The van der Waals surface area contributed by atoms with E-state index in [1.807, 2.05) is 6.07 Å². The number of halogens is 1. The van der Waals surface area contributed by atoms with Crippen molar-refractivity contribution in [3.63, 3.8) is 0 Å². The lowest BCUT2D eigenvalue weighted by atomic mass is 9.77. The number of piperidine rings is 1. The molecule has 0 aliphatic carbocycles. The minimum Gasteiger partial charge on any atom is -0.419 e. The zero-order chi connectivity index (χ0) is 20.7. The summed E-state index contributed by atoms with van der Waals surface area (Å²) in [6, 6.07) is 12.1. The maximum Gasteiger partial charge on any atom is 0.250 e. The molecule has 1 aromatic carbocycles. The van der Waals surface area contributed by atoms with Crippen molar-refractivity contribution in [2.75, 3.05) is 13.1 Å². The van der Waals surface area contributed by atoms with Crippen LogP contribution >= 0.6 is 0 Å². The van der Waals surface area contributed by atoms with E-state index in [1.165, 1.54) is 12.1 Å². The zero-order valence-electron chi connectivity index (χ0n) is 17.0. The van der Waals surface area contributed by atoms with Crippen molar-refractivity contribution >= 4 is 0 Å². The van der Waals surface area contributed by atoms with Crippen LogP contribution in [0.2, 0.25) is 0 Å². The highest BCUT2D eigenvalue weighted by molar-refractivity contribution is 5.52. The summed E-state index contributed by atoms with van der Waals surface area (Å²) in [5, 5.41) is 8.29. The average molecular weight is 408 g/mol.